The zero-order chi connectivity index (χ0) is 23.0. The van der Waals surface area contributed by atoms with E-state index in [0.29, 0.717) is 15.8 Å². The molecule has 2 rings (SSSR count). The summed E-state index contributed by atoms with van der Waals surface area (Å²) >= 11 is 13.4. The molecule has 0 aliphatic rings. The minimum absolute atomic E-state index is 0.0155. The third-order valence-corrected chi connectivity index (χ3v) is 6.64. The summed E-state index contributed by atoms with van der Waals surface area (Å²) in [5.74, 6) is 0.0601. The average Bonchev–Trinajstić information content (AvgIpc) is 2.75. The summed E-state index contributed by atoms with van der Waals surface area (Å²) in [5.41, 5.74) is 1.72. The van der Waals surface area contributed by atoms with Gasteiger partial charge in [0.2, 0.25) is 11.8 Å². The van der Waals surface area contributed by atoms with Crippen molar-refractivity contribution in [3.63, 3.8) is 0 Å². The lowest BCUT2D eigenvalue weighted by atomic mass is 10.1. The van der Waals surface area contributed by atoms with Gasteiger partial charge in [-0.25, -0.2) is 4.39 Å². The number of halogens is 3. The van der Waals surface area contributed by atoms with Crippen LogP contribution in [0.4, 0.5) is 4.39 Å². The van der Waals surface area contributed by atoms with Crippen LogP contribution in [0, 0.1) is 5.82 Å². The van der Waals surface area contributed by atoms with E-state index < -0.39 is 6.04 Å². The molecule has 0 unspecified atom stereocenters. The van der Waals surface area contributed by atoms with Crippen molar-refractivity contribution in [1.82, 2.24) is 10.2 Å². The van der Waals surface area contributed by atoms with E-state index in [0.717, 1.165) is 17.5 Å². The Balaban J connectivity index is 2.07. The summed E-state index contributed by atoms with van der Waals surface area (Å²) in [7, 11) is 0. The SMILES string of the molecule is CC[C@H](C)NC(=O)[C@@H](C)N(Cc1ccc(F)cc1)C(=O)CSCc1ccc(Cl)c(Cl)c1. The Morgan fingerprint density at radius 3 is 2.32 bits per heavy atom. The minimum Gasteiger partial charge on any atom is -0.352 e. The monoisotopic (exact) mass is 484 g/mol. The lowest BCUT2D eigenvalue weighted by Crippen LogP contribution is -2.50. The molecule has 0 aromatic heterocycles. The van der Waals surface area contributed by atoms with Crippen molar-refractivity contribution in [1.29, 1.82) is 0 Å². The second-order valence-corrected chi connectivity index (χ2v) is 9.18. The maximum atomic E-state index is 13.3. The van der Waals surface area contributed by atoms with E-state index in [-0.39, 0.29) is 36.0 Å². The van der Waals surface area contributed by atoms with Crippen molar-refractivity contribution in [2.75, 3.05) is 5.75 Å². The smallest absolute Gasteiger partial charge is 0.242 e. The predicted molar refractivity (Wildman–Crippen MR) is 127 cm³/mol. The maximum Gasteiger partial charge on any atom is 0.242 e. The molecular weight excluding hydrogens is 458 g/mol. The average molecular weight is 485 g/mol. The lowest BCUT2D eigenvalue weighted by molar-refractivity contribution is -0.138. The third kappa shape index (κ3) is 8.02. The van der Waals surface area contributed by atoms with Crippen LogP contribution in [-0.4, -0.2) is 34.6 Å². The molecule has 31 heavy (non-hydrogen) atoms. The number of amides is 2. The van der Waals surface area contributed by atoms with Gasteiger partial charge in [0.25, 0.3) is 0 Å². The molecule has 0 bridgehead atoms. The highest BCUT2D eigenvalue weighted by Gasteiger charge is 2.26. The van der Waals surface area contributed by atoms with Crippen LogP contribution >= 0.6 is 35.0 Å². The van der Waals surface area contributed by atoms with Gasteiger partial charge in [-0.2, -0.15) is 0 Å². The molecule has 168 valence electrons. The van der Waals surface area contributed by atoms with Crippen molar-refractivity contribution in [3.8, 4) is 0 Å². The van der Waals surface area contributed by atoms with E-state index >= 15 is 0 Å². The number of thioether (sulfide) groups is 1. The Morgan fingerprint density at radius 2 is 1.71 bits per heavy atom. The molecule has 0 spiro atoms. The van der Waals surface area contributed by atoms with E-state index in [1.807, 2.05) is 19.9 Å². The van der Waals surface area contributed by atoms with Crippen LogP contribution < -0.4 is 5.32 Å². The highest BCUT2D eigenvalue weighted by molar-refractivity contribution is 7.99. The van der Waals surface area contributed by atoms with Crippen LogP contribution in [0.3, 0.4) is 0 Å². The van der Waals surface area contributed by atoms with Crippen LogP contribution in [0.15, 0.2) is 42.5 Å². The Hall–Kier alpha value is -1.76. The van der Waals surface area contributed by atoms with Gasteiger partial charge in [-0.3, -0.25) is 9.59 Å². The normalized spacial score (nSPS) is 12.8. The first-order valence-corrected chi connectivity index (χ1v) is 12.0. The first-order valence-electron chi connectivity index (χ1n) is 10.1. The summed E-state index contributed by atoms with van der Waals surface area (Å²) < 4.78 is 13.3. The van der Waals surface area contributed by atoms with Crippen molar-refractivity contribution in [2.24, 2.45) is 0 Å². The molecule has 0 aliphatic carbocycles. The van der Waals surface area contributed by atoms with E-state index in [2.05, 4.69) is 5.32 Å². The number of carbonyl (C=O) groups excluding carboxylic acids is 2. The minimum atomic E-state index is -0.655. The fourth-order valence-corrected chi connectivity index (χ4v) is 3.98. The van der Waals surface area contributed by atoms with Crippen molar-refractivity contribution < 1.29 is 14.0 Å². The van der Waals surface area contributed by atoms with E-state index in [4.69, 9.17) is 23.2 Å². The Bertz CT molecular complexity index is 896. The Labute approximate surface area is 197 Å². The second kappa shape index (κ2) is 12.3. The molecule has 2 aromatic carbocycles. The molecule has 2 atom stereocenters. The van der Waals surface area contributed by atoms with Gasteiger partial charge in [0.15, 0.2) is 0 Å². The molecule has 8 heteroatoms. The molecule has 2 amide bonds. The van der Waals surface area contributed by atoms with Gasteiger partial charge in [0, 0.05) is 18.3 Å². The molecular formula is C23H27Cl2FN2O2S. The third-order valence-electron chi connectivity index (χ3n) is 4.91. The molecule has 0 aliphatic heterocycles. The highest BCUT2D eigenvalue weighted by atomic mass is 35.5. The fraction of sp³-hybridized carbons (Fsp3) is 0.391. The lowest BCUT2D eigenvalue weighted by Gasteiger charge is -2.29. The van der Waals surface area contributed by atoms with Crippen LogP contribution in [0.1, 0.15) is 38.3 Å². The zero-order valence-corrected chi connectivity index (χ0v) is 20.2. The first kappa shape index (κ1) is 25.5. The van der Waals surface area contributed by atoms with Gasteiger partial charge in [-0.1, -0.05) is 48.3 Å². The van der Waals surface area contributed by atoms with Gasteiger partial charge in [-0.05, 0) is 55.7 Å². The van der Waals surface area contributed by atoms with Gasteiger partial charge in [0.05, 0.1) is 15.8 Å². The molecule has 0 saturated carbocycles. The quantitative estimate of drug-likeness (QED) is 0.470. The number of nitrogens with one attached hydrogen (secondary N) is 1. The summed E-state index contributed by atoms with van der Waals surface area (Å²) in [4.78, 5) is 27.2. The molecule has 4 nitrogen and oxygen atoms in total. The fourth-order valence-electron chi connectivity index (χ4n) is 2.80. The number of hydrogen-bond acceptors (Lipinski definition) is 3. The molecule has 0 saturated heterocycles. The molecule has 1 N–H and O–H groups in total. The largest absolute Gasteiger partial charge is 0.352 e. The number of nitrogens with zero attached hydrogens (tertiary/aromatic N) is 1. The number of hydrogen-bond donors (Lipinski definition) is 1. The molecule has 0 heterocycles. The summed E-state index contributed by atoms with van der Waals surface area (Å²) in [6.07, 6.45) is 0.796. The molecule has 0 radical (unpaired) electrons. The summed E-state index contributed by atoms with van der Waals surface area (Å²) in [6.45, 7) is 5.84. The standard InChI is InChI=1S/C23H27Cl2FN2O2S/c1-4-15(2)27-23(30)16(3)28(12-17-5-8-19(26)9-6-17)22(29)14-31-13-18-7-10-20(24)21(25)11-18/h5-11,15-16H,4,12-14H2,1-3H3,(H,27,30)/t15-,16+/m0/s1. The number of carbonyl (C=O) groups is 2. The maximum absolute atomic E-state index is 13.3. The topological polar surface area (TPSA) is 49.4 Å². The molecule has 0 fully saturated rings. The van der Waals surface area contributed by atoms with E-state index in [9.17, 15) is 14.0 Å². The van der Waals surface area contributed by atoms with Gasteiger partial charge in [-0.15, -0.1) is 11.8 Å². The van der Waals surface area contributed by atoms with E-state index in [1.165, 1.54) is 28.8 Å². The summed E-state index contributed by atoms with van der Waals surface area (Å²) in [6, 6.07) is 10.7. The van der Waals surface area contributed by atoms with Gasteiger partial charge in [0.1, 0.15) is 11.9 Å². The van der Waals surface area contributed by atoms with Crippen molar-refractivity contribution in [3.05, 3.63) is 69.5 Å². The van der Waals surface area contributed by atoms with E-state index in [1.54, 1.807) is 31.2 Å². The zero-order valence-electron chi connectivity index (χ0n) is 17.8. The number of benzene rings is 2. The number of rotatable bonds is 10. The summed E-state index contributed by atoms with van der Waals surface area (Å²) in [5, 5.41) is 3.88. The first-order chi connectivity index (χ1) is 14.7. The molecule has 2 aromatic rings. The van der Waals surface area contributed by atoms with Crippen molar-refractivity contribution >= 4 is 46.8 Å². The van der Waals surface area contributed by atoms with Crippen LogP contribution in [0.25, 0.3) is 0 Å². The van der Waals surface area contributed by atoms with Crippen LogP contribution in [-0.2, 0) is 21.9 Å². The Kier molecular flexibility index (Phi) is 10.1. The van der Waals surface area contributed by atoms with Crippen LogP contribution in [0.5, 0.6) is 0 Å². The van der Waals surface area contributed by atoms with Gasteiger partial charge < -0.3 is 10.2 Å². The van der Waals surface area contributed by atoms with Crippen molar-refractivity contribution in [2.45, 2.75) is 51.6 Å². The second-order valence-electron chi connectivity index (χ2n) is 7.38. The predicted octanol–water partition coefficient (Wildman–Crippen LogP) is 5.70. The highest BCUT2D eigenvalue weighted by Crippen LogP contribution is 2.25. The Morgan fingerprint density at radius 1 is 1.06 bits per heavy atom. The van der Waals surface area contributed by atoms with Crippen LogP contribution in [0.2, 0.25) is 10.0 Å². The van der Waals surface area contributed by atoms with Gasteiger partial charge >= 0.3 is 0 Å².